The second-order valence-corrected chi connectivity index (χ2v) is 14.4. The van der Waals surface area contributed by atoms with E-state index in [1.165, 1.54) is 116 Å². The Kier molecular flexibility index (Phi) is 35.9. The third-order valence-corrected chi connectivity index (χ3v) is 9.58. The fourth-order valence-electron chi connectivity index (χ4n) is 6.39. The summed E-state index contributed by atoms with van der Waals surface area (Å²) in [4.78, 5) is 36.2. The number of unbranched alkanes of at least 4 members (excludes halogenated alkanes) is 22. The highest BCUT2D eigenvalue weighted by atomic mass is 16.5. The molecule has 0 aromatic heterocycles. The van der Waals surface area contributed by atoms with Crippen LogP contribution in [0, 0.1) is 0 Å². The van der Waals surface area contributed by atoms with Gasteiger partial charge in [-0.05, 0) is 83.6 Å². The van der Waals surface area contributed by atoms with Crippen molar-refractivity contribution >= 4 is 17.8 Å². The second-order valence-electron chi connectivity index (χ2n) is 14.4. The Morgan fingerprint density at radius 1 is 0.571 bits per heavy atom. The van der Waals surface area contributed by atoms with Gasteiger partial charge in [0.2, 0.25) is 5.91 Å². The molecule has 0 saturated carbocycles. The van der Waals surface area contributed by atoms with E-state index in [2.05, 4.69) is 31.3 Å². The number of hydrogen-bond acceptors (Lipinski definition) is 5. The van der Waals surface area contributed by atoms with Crippen LogP contribution in [0.4, 0.5) is 0 Å². The van der Waals surface area contributed by atoms with E-state index in [1.54, 1.807) is 0 Å². The number of rotatable bonds is 38. The number of nitrogens with two attached hydrogens (primary N) is 1. The van der Waals surface area contributed by atoms with Crippen molar-refractivity contribution in [1.82, 2.24) is 5.32 Å². The molecule has 0 radical (unpaired) electrons. The zero-order valence-electron chi connectivity index (χ0n) is 32.3. The molecule has 0 rings (SSSR count). The Morgan fingerprint density at radius 3 is 1.47 bits per heavy atom. The molecule has 0 aliphatic carbocycles. The van der Waals surface area contributed by atoms with Crippen molar-refractivity contribution in [2.45, 2.75) is 231 Å². The van der Waals surface area contributed by atoms with Gasteiger partial charge >= 0.3 is 11.9 Å². The van der Waals surface area contributed by atoms with Crippen LogP contribution in [0.3, 0.4) is 0 Å². The van der Waals surface area contributed by atoms with Crippen LogP contribution in [-0.4, -0.2) is 41.6 Å². The summed E-state index contributed by atoms with van der Waals surface area (Å²) in [6.07, 6.45) is 39.7. The first-order valence-electron chi connectivity index (χ1n) is 21.0. The summed E-state index contributed by atoms with van der Waals surface area (Å²) in [6.45, 7) is 4.93. The Balaban J connectivity index is 4.16. The fraction of sp³-hybridized carbons (Fsp3) is 0.881. The molecule has 0 heterocycles. The number of nitrogens with one attached hydrogen (secondary N) is 1. The largest absolute Gasteiger partial charge is 0.480 e. The summed E-state index contributed by atoms with van der Waals surface area (Å²) < 4.78 is 6.01. The van der Waals surface area contributed by atoms with Crippen molar-refractivity contribution in [1.29, 1.82) is 0 Å². The maximum absolute atomic E-state index is 12.7. The smallest absolute Gasteiger partial charge is 0.326 e. The molecule has 2 atom stereocenters. The van der Waals surface area contributed by atoms with Gasteiger partial charge in [0.05, 0.1) is 0 Å². The van der Waals surface area contributed by atoms with Crippen LogP contribution in [0.5, 0.6) is 0 Å². The highest BCUT2D eigenvalue weighted by molar-refractivity contribution is 5.83. The maximum Gasteiger partial charge on any atom is 0.326 e. The van der Waals surface area contributed by atoms with Crippen LogP contribution < -0.4 is 11.1 Å². The summed E-state index contributed by atoms with van der Waals surface area (Å²) >= 11 is 0. The number of carbonyl (C=O) groups excluding carboxylic acids is 2. The van der Waals surface area contributed by atoms with E-state index in [0.717, 1.165) is 64.2 Å². The summed E-state index contributed by atoms with van der Waals surface area (Å²) in [5, 5.41) is 11.9. The molecule has 0 aromatic carbocycles. The van der Waals surface area contributed by atoms with Gasteiger partial charge in [-0.1, -0.05) is 142 Å². The fourth-order valence-corrected chi connectivity index (χ4v) is 6.39. The first-order chi connectivity index (χ1) is 23.9. The monoisotopic (exact) mass is 693 g/mol. The normalized spacial score (nSPS) is 12.7. The van der Waals surface area contributed by atoms with Crippen LogP contribution in [0.1, 0.15) is 219 Å². The van der Waals surface area contributed by atoms with Gasteiger partial charge in [-0.15, -0.1) is 0 Å². The SMILES string of the molecule is CCCCCCCCC/C=C\CCCCCCCC(=O)OC(CCCCCCCCC)CCCCCCCC(=O)NC(CCCN)C(=O)O. The third-order valence-electron chi connectivity index (χ3n) is 9.58. The van der Waals surface area contributed by atoms with Crippen molar-refractivity contribution in [2.75, 3.05) is 6.54 Å². The predicted octanol–water partition coefficient (Wildman–Crippen LogP) is 11.5. The summed E-state index contributed by atoms with van der Waals surface area (Å²) in [7, 11) is 0. The van der Waals surface area contributed by atoms with Gasteiger partial charge in [0.1, 0.15) is 12.1 Å². The van der Waals surface area contributed by atoms with E-state index in [0.29, 0.717) is 32.2 Å². The average molecular weight is 693 g/mol. The lowest BCUT2D eigenvalue weighted by Crippen LogP contribution is -2.40. The Morgan fingerprint density at radius 2 is 1.00 bits per heavy atom. The van der Waals surface area contributed by atoms with Crippen LogP contribution in [0.15, 0.2) is 12.2 Å². The van der Waals surface area contributed by atoms with Crippen LogP contribution in [-0.2, 0) is 19.1 Å². The van der Waals surface area contributed by atoms with E-state index >= 15 is 0 Å². The molecule has 288 valence electrons. The predicted molar refractivity (Wildman–Crippen MR) is 207 cm³/mol. The number of esters is 1. The van der Waals surface area contributed by atoms with E-state index in [4.69, 9.17) is 10.5 Å². The van der Waals surface area contributed by atoms with E-state index in [1.807, 2.05) is 0 Å². The molecule has 0 aliphatic heterocycles. The number of hydrogen-bond donors (Lipinski definition) is 3. The summed E-state index contributed by atoms with van der Waals surface area (Å²) in [5.41, 5.74) is 5.47. The third kappa shape index (κ3) is 34.3. The van der Waals surface area contributed by atoms with E-state index < -0.39 is 12.0 Å². The minimum Gasteiger partial charge on any atom is -0.480 e. The standard InChI is InChI=1S/C42H80N2O5/c1-3-5-7-9-11-12-13-14-15-16-17-18-19-21-26-30-36-41(46)49-38(32-27-23-20-10-8-6-4-2)33-28-24-22-25-29-35-40(45)44-39(42(47)48)34-31-37-43/h15-16,38-39H,3-14,17-37,43H2,1-2H3,(H,44,45)(H,47,48)/b16-15-. The molecule has 2 unspecified atom stereocenters. The highest BCUT2D eigenvalue weighted by Gasteiger charge is 2.19. The molecule has 0 saturated heterocycles. The molecule has 0 fully saturated rings. The van der Waals surface area contributed by atoms with Gasteiger partial charge in [0, 0.05) is 12.8 Å². The molecule has 49 heavy (non-hydrogen) atoms. The van der Waals surface area contributed by atoms with Crippen molar-refractivity contribution in [3.8, 4) is 0 Å². The van der Waals surface area contributed by atoms with Crippen molar-refractivity contribution in [3.63, 3.8) is 0 Å². The molecule has 7 nitrogen and oxygen atoms in total. The highest BCUT2D eigenvalue weighted by Crippen LogP contribution is 2.19. The molecule has 0 bridgehead atoms. The molecular formula is C42H80N2O5. The van der Waals surface area contributed by atoms with Gasteiger partial charge in [-0.2, -0.15) is 0 Å². The topological polar surface area (TPSA) is 119 Å². The Labute approximate surface area is 302 Å². The van der Waals surface area contributed by atoms with Crippen molar-refractivity contribution in [2.24, 2.45) is 5.73 Å². The number of allylic oxidation sites excluding steroid dienone is 2. The molecule has 0 aromatic rings. The molecule has 0 spiro atoms. The van der Waals surface area contributed by atoms with Crippen LogP contribution in [0.25, 0.3) is 0 Å². The number of aliphatic carboxylic acids is 1. The molecule has 1 amide bonds. The summed E-state index contributed by atoms with van der Waals surface area (Å²) in [5.74, 6) is -1.23. The molecule has 4 N–H and O–H groups in total. The molecular weight excluding hydrogens is 612 g/mol. The lowest BCUT2D eigenvalue weighted by Gasteiger charge is -2.18. The van der Waals surface area contributed by atoms with Crippen LogP contribution in [0.2, 0.25) is 0 Å². The number of amides is 1. The zero-order chi connectivity index (χ0) is 36.0. The Hall–Kier alpha value is -1.89. The lowest BCUT2D eigenvalue weighted by molar-refractivity contribution is -0.150. The van der Waals surface area contributed by atoms with E-state index in [9.17, 15) is 19.5 Å². The van der Waals surface area contributed by atoms with Gasteiger partial charge in [0.15, 0.2) is 0 Å². The maximum atomic E-state index is 12.7. The number of carboxylic acid groups (broad SMARTS) is 1. The number of carboxylic acids is 1. The quantitative estimate of drug-likeness (QED) is 0.0337. The second kappa shape index (κ2) is 37.4. The van der Waals surface area contributed by atoms with Crippen LogP contribution >= 0.6 is 0 Å². The Bertz CT molecular complexity index is 787. The van der Waals surface area contributed by atoms with Gasteiger partial charge < -0.3 is 20.9 Å². The van der Waals surface area contributed by atoms with Crippen molar-refractivity contribution in [3.05, 3.63) is 12.2 Å². The number of ether oxygens (including phenoxy) is 1. The molecule has 7 heteroatoms. The number of carbonyl (C=O) groups is 3. The zero-order valence-corrected chi connectivity index (χ0v) is 32.3. The van der Waals surface area contributed by atoms with E-state index in [-0.39, 0.29) is 18.0 Å². The van der Waals surface area contributed by atoms with Gasteiger partial charge in [0.25, 0.3) is 0 Å². The first-order valence-corrected chi connectivity index (χ1v) is 21.0. The lowest BCUT2D eigenvalue weighted by atomic mass is 10.0. The summed E-state index contributed by atoms with van der Waals surface area (Å²) in [6, 6.07) is -0.853. The first kappa shape index (κ1) is 47.1. The average Bonchev–Trinajstić information content (AvgIpc) is 3.08. The van der Waals surface area contributed by atoms with Gasteiger partial charge in [-0.25, -0.2) is 4.79 Å². The van der Waals surface area contributed by atoms with Gasteiger partial charge in [-0.3, -0.25) is 9.59 Å². The molecule has 0 aliphatic rings. The minimum absolute atomic E-state index is 0.0169. The minimum atomic E-state index is -1.00. The van der Waals surface area contributed by atoms with Crippen molar-refractivity contribution < 1.29 is 24.2 Å².